The van der Waals surface area contributed by atoms with Crippen molar-refractivity contribution in [3.63, 3.8) is 0 Å². The molecular weight excluding hydrogens is 230 g/mol. The van der Waals surface area contributed by atoms with E-state index < -0.39 is 11.1 Å². The number of aromatic nitrogens is 2. The van der Waals surface area contributed by atoms with Crippen LogP contribution in [-0.2, 0) is 13.6 Å². The summed E-state index contributed by atoms with van der Waals surface area (Å²) in [6.07, 6.45) is 6.43. The van der Waals surface area contributed by atoms with Crippen molar-refractivity contribution in [3.8, 4) is 0 Å². The van der Waals surface area contributed by atoms with E-state index in [0.29, 0.717) is 6.54 Å². The Hall–Kier alpha value is -1.36. The largest absolute Gasteiger partial charge is 0.316 e. The lowest BCUT2D eigenvalue weighted by Crippen LogP contribution is -2.43. The van der Waals surface area contributed by atoms with Crippen LogP contribution in [0, 0.1) is 0 Å². The Kier molecular flexibility index (Phi) is 5.85. The molecule has 0 spiro atoms. The van der Waals surface area contributed by atoms with Gasteiger partial charge in [-0.2, -0.15) is 0 Å². The summed E-state index contributed by atoms with van der Waals surface area (Å²) in [6, 6.07) is 0.250. The molecule has 0 bridgehead atoms. The lowest BCUT2D eigenvalue weighted by atomic mass is 10.1. The molecule has 0 aliphatic carbocycles. The van der Waals surface area contributed by atoms with Crippen molar-refractivity contribution in [1.29, 1.82) is 0 Å². The van der Waals surface area contributed by atoms with Crippen molar-refractivity contribution in [2.45, 2.75) is 45.7 Å². The molecule has 0 aliphatic rings. The van der Waals surface area contributed by atoms with Gasteiger partial charge in [0.1, 0.15) is 0 Å². The fourth-order valence-corrected chi connectivity index (χ4v) is 1.93. The summed E-state index contributed by atoms with van der Waals surface area (Å²) in [6.45, 7) is 5.72. The van der Waals surface area contributed by atoms with Gasteiger partial charge in [-0.1, -0.05) is 20.3 Å². The number of hydrogen-bond donors (Lipinski definition) is 1. The Balaban J connectivity index is 2.83. The van der Waals surface area contributed by atoms with Gasteiger partial charge in [0.2, 0.25) is 0 Å². The molecule has 5 nitrogen and oxygen atoms in total. The molecular formula is C13H23N3O2. The summed E-state index contributed by atoms with van der Waals surface area (Å²) in [4.78, 5) is 23.4. The molecule has 18 heavy (non-hydrogen) atoms. The standard InChI is InChI=1S/C13H23N3O2/c1-4-6-11(14-7-5-2)10-16-9-8-15(3)12(17)13(16)18/h8-9,11,14H,4-7,10H2,1-3H3. The Labute approximate surface area is 107 Å². The molecule has 0 saturated heterocycles. The van der Waals surface area contributed by atoms with Gasteiger partial charge in [-0.25, -0.2) is 0 Å². The summed E-state index contributed by atoms with van der Waals surface area (Å²) in [7, 11) is 1.59. The van der Waals surface area contributed by atoms with Gasteiger partial charge in [-0.05, 0) is 19.4 Å². The third kappa shape index (κ3) is 3.84. The minimum Gasteiger partial charge on any atom is -0.312 e. The average Bonchev–Trinajstić information content (AvgIpc) is 2.36. The lowest BCUT2D eigenvalue weighted by Gasteiger charge is -2.18. The van der Waals surface area contributed by atoms with Crippen LogP contribution in [-0.4, -0.2) is 21.7 Å². The van der Waals surface area contributed by atoms with Crippen LogP contribution in [0.3, 0.4) is 0 Å². The van der Waals surface area contributed by atoms with Crippen molar-refractivity contribution in [2.75, 3.05) is 6.54 Å². The highest BCUT2D eigenvalue weighted by Crippen LogP contribution is 1.99. The Bertz CT molecular complexity index is 476. The van der Waals surface area contributed by atoms with E-state index in [1.54, 1.807) is 19.4 Å². The summed E-state index contributed by atoms with van der Waals surface area (Å²) in [5.41, 5.74) is -0.914. The van der Waals surface area contributed by atoms with Gasteiger partial charge < -0.3 is 14.5 Å². The first-order valence-corrected chi connectivity index (χ1v) is 6.59. The number of hydrogen-bond acceptors (Lipinski definition) is 3. The molecule has 0 fully saturated rings. The van der Waals surface area contributed by atoms with E-state index in [-0.39, 0.29) is 6.04 Å². The van der Waals surface area contributed by atoms with E-state index in [9.17, 15) is 9.59 Å². The molecule has 1 unspecified atom stereocenters. The molecule has 0 radical (unpaired) electrons. The van der Waals surface area contributed by atoms with Gasteiger partial charge in [0.25, 0.3) is 0 Å². The van der Waals surface area contributed by atoms with E-state index in [1.165, 1.54) is 9.13 Å². The van der Waals surface area contributed by atoms with E-state index in [2.05, 4.69) is 19.2 Å². The van der Waals surface area contributed by atoms with Gasteiger partial charge in [0.15, 0.2) is 0 Å². The highest BCUT2D eigenvalue weighted by atomic mass is 16.2. The monoisotopic (exact) mass is 253 g/mol. The van der Waals surface area contributed by atoms with Crippen LogP contribution >= 0.6 is 0 Å². The van der Waals surface area contributed by atoms with Crippen molar-refractivity contribution < 1.29 is 0 Å². The van der Waals surface area contributed by atoms with Crippen LogP contribution in [0.2, 0.25) is 0 Å². The zero-order chi connectivity index (χ0) is 13.5. The van der Waals surface area contributed by atoms with E-state index in [0.717, 1.165) is 25.8 Å². The Morgan fingerprint density at radius 3 is 2.50 bits per heavy atom. The molecule has 1 heterocycles. The third-order valence-electron chi connectivity index (χ3n) is 2.97. The van der Waals surface area contributed by atoms with E-state index in [4.69, 9.17) is 0 Å². The van der Waals surface area contributed by atoms with Gasteiger partial charge in [0, 0.05) is 32.0 Å². The summed E-state index contributed by atoms with van der Waals surface area (Å²) in [5.74, 6) is 0. The van der Waals surface area contributed by atoms with Gasteiger partial charge in [0.05, 0.1) is 0 Å². The smallest absolute Gasteiger partial charge is 0.312 e. The number of rotatable bonds is 7. The zero-order valence-electron chi connectivity index (χ0n) is 11.5. The number of aryl methyl sites for hydroxylation is 1. The molecule has 102 valence electrons. The van der Waals surface area contributed by atoms with E-state index in [1.807, 2.05) is 0 Å². The Morgan fingerprint density at radius 1 is 1.17 bits per heavy atom. The second-order valence-corrected chi connectivity index (χ2v) is 4.61. The molecule has 0 saturated carbocycles. The zero-order valence-corrected chi connectivity index (χ0v) is 11.5. The summed E-state index contributed by atoms with van der Waals surface area (Å²) >= 11 is 0. The van der Waals surface area contributed by atoms with Crippen LogP contribution < -0.4 is 16.4 Å². The summed E-state index contributed by atoms with van der Waals surface area (Å²) in [5, 5.41) is 3.41. The highest BCUT2D eigenvalue weighted by Gasteiger charge is 2.10. The van der Waals surface area contributed by atoms with Gasteiger partial charge in [-0.15, -0.1) is 0 Å². The van der Waals surface area contributed by atoms with Crippen LogP contribution in [0.1, 0.15) is 33.1 Å². The fourth-order valence-electron chi connectivity index (χ4n) is 1.93. The fraction of sp³-hybridized carbons (Fsp3) is 0.692. The normalized spacial score (nSPS) is 12.6. The maximum Gasteiger partial charge on any atom is 0.316 e. The quantitative estimate of drug-likeness (QED) is 0.728. The molecule has 1 atom stereocenters. The predicted molar refractivity (Wildman–Crippen MR) is 72.9 cm³/mol. The average molecular weight is 253 g/mol. The number of nitrogens with one attached hydrogen (secondary N) is 1. The lowest BCUT2D eigenvalue weighted by molar-refractivity contribution is 0.412. The minimum absolute atomic E-state index is 0.250. The minimum atomic E-state index is -0.469. The third-order valence-corrected chi connectivity index (χ3v) is 2.97. The first-order chi connectivity index (χ1) is 8.60. The van der Waals surface area contributed by atoms with Crippen LogP contribution in [0.4, 0.5) is 0 Å². The highest BCUT2D eigenvalue weighted by molar-refractivity contribution is 4.86. The van der Waals surface area contributed by atoms with Gasteiger partial charge >= 0.3 is 11.1 Å². The topological polar surface area (TPSA) is 56.0 Å². The first-order valence-electron chi connectivity index (χ1n) is 6.59. The maximum atomic E-state index is 11.8. The first kappa shape index (κ1) is 14.7. The second kappa shape index (κ2) is 7.16. The predicted octanol–water partition coefficient (Wildman–Crippen LogP) is 0.715. The molecule has 0 aromatic carbocycles. The van der Waals surface area contributed by atoms with Crippen molar-refractivity contribution in [2.24, 2.45) is 7.05 Å². The van der Waals surface area contributed by atoms with Crippen molar-refractivity contribution >= 4 is 0 Å². The van der Waals surface area contributed by atoms with E-state index >= 15 is 0 Å². The molecule has 0 aliphatic heterocycles. The molecule has 5 heteroatoms. The van der Waals surface area contributed by atoms with Crippen LogP contribution in [0.15, 0.2) is 22.0 Å². The molecule has 1 aromatic rings. The molecule has 1 aromatic heterocycles. The SMILES string of the molecule is CCCNC(CCC)Cn1ccn(C)c(=O)c1=O. The molecule has 0 amide bonds. The summed E-state index contributed by atoms with van der Waals surface area (Å²) < 4.78 is 2.82. The van der Waals surface area contributed by atoms with Gasteiger partial charge in [-0.3, -0.25) is 9.59 Å². The molecule has 1 N–H and O–H groups in total. The Morgan fingerprint density at radius 2 is 1.89 bits per heavy atom. The number of nitrogens with zero attached hydrogens (tertiary/aromatic N) is 2. The van der Waals surface area contributed by atoms with Crippen LogP contribution in [0.25, 0.3) is 0 Å². The second-order valence-electron chi connectivity index (χ2n) is 4.61. The molecule has 1 rings (SSSR count). The van der Waals surface area contributed by atoms with Crippen molar-refractivity contribution in [1.82, 2.24) is 14.5 Å². The van der Waals surface area contributed by atoms with Crippen LogP contribution in [0.5, 0.6) is 0 Å². The van der Waals surface area contributed by atoms with Crippen molar-refractivity contribution in [3.05, 3.63) is 33.1 Å². The maximum absolute atomic E-state index is 11.8.